The summed E-state index contributed by atoms with van der Waals surface area (Å²) in [6, 6.07) is 2.15. The van der Waals surface area contributed by atoms with E-state index in [0.717, 1.165) is 18.4 Å². The Balaban J connectivity index is 2.15. The summed E-state index contributed by atoms with van der Waals surface area (Å²) in [6.45, 7) is 2.34. The van der Waals surface area contributed by atoms with Gasteiger partial charge in [0.05, 0.1) is 12.2 Å². The lowest BCUT2D eigenvalue weighted by molar-refractivity contribution is 0.0707. The van der Waals surface area contributed by atoms with E-state index in [2.05, 4.69) is 4.98 Å². The zero-order valence-corrected chi connectivity index (χ0v) is 9.39. The van der Waals surface area contributed by atoms with E-state index < -0.39 is 0 Å². The smallest absolute Gasteiger partial charge is 0.255 e. The molecule has 0 radical (unpaired) electrons. The second-order valence-corrected chi connectivity index (χ2v) is 4.20. The van der Waals surface area contributed by atoms with E-state index in [9.17, 15) is 4.79 Å². The molecule has 1 amide bonds. The number of aliphatic hydroxyl groups is 1. The molecule has 1 aromatic heterocycles. The highest BCUT2D eigenvalue weighted by atomic mass is 16.3. The SMILES string of the molecule is Cc1cncc(C(=O)N(CCO)C2CC2)c1. The molecule has 86 valence electrons. The van der Waals surface area contributed by atoms with Crippen LogP contribution >= 0.6 is 0 Å². The maximum atomic E-state index is 12.1. The van der Waals surface area contributed by atoms with Crippen LogP contribution in [0, 0.1) is 6.92 Å². The van der Waals surface area contributed by atoms with Crippen LogP contribution in [0.25, 0.3) is 0 Å². The van der Waals surface area contributed by atoms with Crippen molar-refractivity contribution in [3.05, 3.63) is 29.6 Å². The van der Waals surface area contributed by atoms with Gasteiger partial charge in [-0.05, 0) is 31.4 Å². The Morgan fingerprint density at radius 2 is 2.31 bits per heavy atom. The Kier molecular flexibility index (Phi) is 3.19. The maximum absolute atomic E-state index is 12.1. The summed E-state index contributed by atoms with van der Waals surface area (Å²) in [6.07, 6.45) is 5.41. The fourth-order valence-corrected chi connectivity index (χ4v) is 1.78. The van der Waals surface area contributed by atoms with Crippen molar-refractivity contribution in [1.29, 1.82) is 0 Å². The molecule has 0 aliphatic heterocycles. The predicted molar refractivity (Wildman–Crippen MR) is 60.1 cm³/mol. The number of hydrogen-bond donors (Lipinski definition) is 1. The Bertz CT molecular complexity index is 388. The van der Waals surface area contributed by atoms with Crippen molar-refractivity contribution >= 4 is 5.91 Å². The summed E-state index contributed by atoms with van der Waals surface area (Å²) in [5.74, 6) is -0.0206. The highest BCUT2D eigenvalue weighted by Crippen LogP contribution is 2.27. The second-order valence-electron chi connectivity index (χ2n) is 4.20. The maximum Gasteiger partial charge on any atom is 0.255 e. The first-order valence-corrected chi connectivity index (χ1v) is 5.56. The van der Waals surface area contributed by atoms with Gasteiger partial charge >= 0.3 is 0 Å². The monoisotopic (exact) mass is 220 g/mol. The molecule has 0 atom stereocenters. The molecule has 1 aliphatic rings. The number of amides is 1. The molecular weight excluding hydrogens is 204 g/mol. The van der Waals surface area contributed by atoms with Gasteiger partial charge in [0, 0.05) is 25.0 Å². The largest absolute Gasteiger partial charge is 0.395 e. The highest BCUT2D eigenvalue weighted by molar-refractivity contribution is 5.94. The van der Waals surface area contributed by atoms with Gasteiger partial charge in [-0.3, -0.25) is 9.78 Å². The van der Waals surface area contributed by atoms with Gasteiger partial charge in [-0.2, -0.15) is 0 Å². The zero-order valence-electron chi connectivity index (χ0n) is 9.39. The Morgan fingerprint density at radius 3 is 2.88 bits per heavy atom. The minimum absolute atomic E-state index is 0.0154. The number of carbonyl (C=O) groups excluding carboxylic acids is 1. The number of rotatable bonds is 4. The van der Waals surface area contributed by atoms with Gasteiger partial charge < -0.3 is 10.0 Å². The van der Waals surface area contributed by atoms with Crippen molar-refractivity contribution in [2.75, 3.05) is 13.2 Å². The molecule has 1 fully saturated rings. The van der Waals surface area contributed by atoms with Crippen LogP contribution in [0.4, 0.5) is 0 Å². The third kappa shape index (κ3) is 2.39. The van der Waals surface area contributed by atoms with Gasteiger partial charge in [0.15, 0.2) is 0 Å². The number of aliphatic hydroxyl groups excluding tert-OH is 1. The molecule has 16 heavy (non-hydrogen) atoms. The Hall–Kier alpha value is -1.42. The first-order chi connectivity index (χ1) is 7.72. The number of hydrogen-bond acceptors (Lipinski definition) is 3. The van der Waals surface area contributed by atoms with Crippen molar-refractivity contribution in [3.63, 3.8) is 0 Å². The topological polar surface area (TPSA) is 53.4 Å². The van der Waals surface area contributed by atoms with E-state index in [1.165, 1.54) is 0 Å². The standard InChI is InChI=1S/C12H16N2O2/c1-9-6-10(8-13-7-9)12(16)14(4-5-15)11-2-3-11/h6-8,11,15H,2-5H2,1H3. The molecule has 4 nitrogen and oxygen atoms in total. The summed E-state index contributed by atoms with van der Waals surface area (Å²) in [4.78, 5) is 17.9. The fraction of sp³-hybridized carbons (Fsp3) is 0.500. The number of aromatic nitrogens is 1. The van der Waals surface area contributed by atoms with Gasteiger partial charge in [0.2, 0.25) is 0 Å². The van der Waals surface area contributed by atoms with Crippen LogP contribution in [-0.2, 0) is 0 Å². The van der Waals surface area contributed by atoms with E-state index >= 15 is 0 Å². The minimum atomic E-state index is -0.0206. The molecule has 0 bridgehead atoms. The molecule has 1 aliphatic carbocycles. The molecule has 0 spiro atoms. The number of pyridine rings is 1. The average Bonchev–Trinajstić information content (AvgIpc) is 3.09. The molecule has 1 heterocycles. The zero-order chi connectivity index (χ0) is 11.5. The van der Waals surface area contributed by atoms with Gasteiger partial charge in [0.1, 0.15) is 0 Å². The third-order valence-corrected chi connectivity index (χ3v) is 2.71. The van der Waals surface area contributed by atoms with Gasteiger partial charge in [-0.25, -0.2) is 0 Å². The van der Waals surface area contributed by atoms with Crippen LogP contribution in [0.2, 0.25) is 0 Å². The lowest BCUT2D eigenvalue weighted by atomic mass is 10.2. The molecule has 0 saturated heterocycles. The van der Waals surface area contributed by atoms with Crippen molar-refractivity contribution < 1.29 is 9.90 Å². The van der Waals surface area contributed by atoms with E-state index in [4.69, 9.17) is 5.11 Å². The minimum Gasteiger partial charge on any atom is -0.395 e. The third-order valence-electron chi connectivity index (χ3n) is 2.71. The van der Waals surface area contributed by atoms with Crippen LogP contribution in [0.15, 0.2) is 18.5 Å². The van der Waals surface area contributed by atoms with Crippen molar-refractivity contribution in [1.82, 2.24) is 9.88 Å². The molecule has 0 unspecified atom stereocenters. The molecule has 2 rings (SSSR count). The van der Waals surface area contributed by atoms with Crippen molar-refractivity contribution in [2.45, 2.75) is 25.8 Å². The first kappa shape index (κ1) is 11.1. The normalized spacial score (nSPS) is 14.9. The summed E-state index contributed by atoms with van der Waals surface area (Å²) < 4.78 is 0. The van der Waals surface area contributed by atoms with Crippen LogP contribution in [0.3, 0.4) is 0 Å². The molecular formula is C12H16N2O2. The van der Waals surface area contributed by atoms with Gasteiger partial charge in [-0.15, -0.1) is 0 Å². The molecule has 0 aromatic carbocycles. The van der Waals surface area contributed by atoms with Gasteiger partial charge in [0.25, 0.3) is 5.91 Å². The van der Waals surface area contributed by atoms with Crippen LogP contribution in [0.5, 0.6) is 0 Å². The highest BCUT2D eigenvalue weighted by Gasteiger charge is 2.32. The summed E-state index contributed by atoms with van der Waals surface area (Å²) in [7, 11) is 0. The average molecular weight is 220 g/mol. The Morgan fingerprint density at radius 1 is 1.56 bits per heavy atom. The van der Waals surface area contributed by atoms with E-state index in [1.807, 2.05) is 13.0 Å². The van der Waals surface area contributed by atoms with E-state index in [1.54, 1.807) is 17.3 Å². The van der Waals surface area contributed by atoms with Crippen LogP contribution in [-0.4, -0.2) is 40.1 Å². The number of nitrogens with zero attached hydrogens (tertiary/aromatic N) is 2. The fourth-order valence-electron chi connectivity index (χ4n) is 1.78. The van der Waals surface area contributed by atoms with Crippen molar-refractivity contribution in [2.24, 2.45) is 0 Å². The molecule has 1 N–H and O–H groups in total. The van der Waals surface area contributed by atoms with E-state index in [0.29, 0.717) is 18.2 Å². The lowest BCUT2D eigenvalue weighted by Gasteiger charge is -2.21. The molecule has 4 heteroatoms. The summed E-state index contributed by atoms with van der Waals surface area (Å²) in [5, 5.41) is 8.95. The van der Waals surface area contributed by atoms with Crippen molar-refractivity contribution in [3.8, 4) is 0 Å². The second kappa shape index (κ2) is 4.61. The van der Waals surface area contributed by atoms with Crippen LogP contribution < -0.4 is 0 Å². The lowest BCUT2D eigenvalue weighted by Crippen LogP contribution is -2.35. The predicted octanol–water partition coefficient (Wildman–Crippen LogP) is 0.987. The number of aryl methyl sites for hydroxylation is 1. The number of carbonyl (C=O) groups is 1. The molecule has 1 aromatic rings. The first-order valence-electron chi connectivity index (χ1n) is 5.56. The van der Waals surface area contributed by atoms with Crippen LogP contribution in [0.1, 0.15) is 28.8 Å². The quantitative estimate of drug-likeness (QED) is 0.823. The van der Waals surface area contributed by atoms with E-state index in [-0.39, 0.29) is 12.5 Å². The summed E-state index contributed by atoms with van der Waals surface area (Å²) >= 11 is 0. The Labute approximate surface area is 94.9 Å². The summed E-state index contributed by atoms with van der Waals surface area (Å²) in [5.41, 5.74) is 1.59. The molecule has 1 saturated carbocycles. The van der Waals surface area contributed by atoms with Gasteiger partial charge in [-0.1, -0.05) is 0 Å².